The third kappa shape index (κ3) is 8.02. The van der Waals surface area contributed by atoms with Gasteiger partial charge in [-0.3, -0.25) is 24.1 Å². The third-order valence-electron chi connectivity index (χ3n) is 6.71. The number of carbonyl (C=O) groups excluding carboxylic acids is 4. The molecule has 0 aromatic rings. The average molecular weight is 436 g/mol. The number of ketones is 1. The minimum absolute atomic E-state index is 0.0708. The lowest BCUT2D eigenvalue weighted by Crippen LogP contribution is -2.40. The lowest BCUT2D eigenvalue weighted by Gasteiger charge is -2.27. The van der Waals surface area contributed by atoms with Crippen LogP contribution in [-0.2, 0) is 19.2 Å². The summed E-state index contributed by atoms with van der Waals surface area (Å²) in [6, 6.07) is -0.460. The Kier molecular flexibility index (Phi) is 10.6. The van der Waals surface area contributed by atoms with E-state index in [0.29, 0.717) is 12.5 Å². The molecule has 1 saturated carbocycles. The van der Waals surface area contributed by atoms with Crippen LogP contribution in [0.25, 0.3) is 0 Å². The van der Waals surface area contributed by atoms with E-state index >= 15 is 0 Å². The van der Waals surface area contributed by atoms with Gasteiger partial charge in [-0.2, -0.15) is 0 Å². The van der Waals surface area contributed by atoms with Crippen LogP contribution < -0.4 is 10.6 Å². The number of likely N-dealkylation sites (tertiary alicyclic amines) is 1. The molecular weight excluding hydrogens is 394 g/mol. The smallest absolute Gasteiger partial charge is 0.246 e. The normalized spacial score (nSPS) is 24.1. The molecule has 176 valence electrons. The number of imide groups is 1. The van der Waals surface area contributed by atoms with Gasteiger partial charge in [0.2, 0.25) is 17.7 Å². The first-order valence-electron chi connectivity index (χ1n) is 12.2. The van der Waals surface area contributed by atoms with E-state index in [0.717, 1.165) is 45.1 Å². The first-order valence-corrected chi connectivity index (χ1v) is 12.2. The van der Waals surface area contributed by atoms with E-state index in [1.165, 1.54) is 17.7 Å². The largest absolute Gasteiger partial charge is 0.356 e. The highest BCUT2D eigenvalue weighted by Crippen LogP contribution is 2.29. The molecule has 31 heavy (non-hydrogen) atoms. The number of nitrogens with zero attached hydrogens (tertiary/aromatic N) is 1. The molecule has 7 nitrogen and oxygen atoms in total. The lowest BCUT2D eigenvalue weighted by atomic mass is 9.80. The van der Waals surface area contributed by atoms with Crippen LogP contribution in [0.15, 0.2) is 0 Å². The highest BCUT2D eigenvalue weighted by molar-refractivity contribution is 6.05. The molecule has 1 heterocycles. The van der Waals surface area contributed by atoms with Gasteiger partial charge in [-0.15, -0.1) is 0 Å². The molecule has 7 heteroatoms. The van der Waals surface area contributed by atoms with Crippen molar-refractivity contribution < 1.29 is 19.2 Å². The highest BCUT2D eigenvalue weighted by atomic mass is 16.2. The molecule has 2 fully saturated rings. The van der Waals surface area contributed by atoms with E-state index in [4.69, 9.17) is 0 Å². The number of unbranched alkanes of at least 4 members (excludes halogenated alkanes) is 3. The zero-order valence-corrected chi connectivity index (χ0v) is 19.6. The van der Waals surface area contributed by atoms with Gasteiger partial charge in [0.1, 0.15) is 5.78 Å². The van der Waals surface area contributed by atoms with E-state index in [1.54, 1.807) is 0 Å². The topological polar surface area (TPSA) is 95.6 Å². The molecule has 1 aliphatic heterocycles. The Morgan fingerprint density at radius 3 is 2.39 bits per heavy atom. The second kappa shape index (κ2) is 12.9. The van der Waals surface area contributed by atoms with Crippen molar-refractivity contribution in [3.8, 4) is 0 Å². The van der Waals surface area contributed by atoms with Gasteiger partial charge in [-0.25, -0.2) is 0 Å². The number of hydrogen-bond acceptors (Lipinski definition) is 5. The number of nitrogens with one attached hydrogen (secondary N) is 2. The minimum Gasteiger partial charge on any atom is -0.356 e. The highest BCUT2D eigenvalue weighted by Gasteiger charge is 2.38. The molecule has 2 rings (SSSR count). The number of amides is 3. The summed E-state index contributed by atoms with van der Waals surface area (Å²) in [7, 11) is 0. The molecule has 2 N–H and O–H groups in total. The number of carbonyl (C=O) groups is 4. The van der Waals surface area contributed by atoms with Gasteiger partial charge in [0, 0.05) is 31.3 Å². The van der Waals surface area contributed by atoms with Crippen LogP contribution in [0.2, 0.25) is 0 Å². The minimum atomic E-state index is -0.460. The summed E-state index contributed by atoms with van der Waals surface area (Å²) in [5.41, 5.74) is 0. The first-order chi connectivity index (χ1) is 14.8. The maximum absolute atomic E-state index is 12.4. The molecule has 3 amide bonds. The molecule has 1 saturated heterocycles. The van der Waals surface area contributed by atoms with Crippen LogP contribution in [0.4, 0.5) is 0 Å². The zero-order valence-electron chi connectivity index (χ0n) is 19.6. The van der Waals surface area contributed by atoms with E-state index < -0.39 is 6.04 Å². The Hall–Kier alpha value is -1.76. The first kappa shape index (κ1) is 25.5. The maximum atomic E-state index is 12.4. The Bertz CT molecular complexity index is 634. The molecule has 0 radical (unpaired) electrons. The Balaban J connectivity index is 1.52. The van der Waals surface area contributed by atoms with E-state index in [9.17, 15) is 19.2 Å². The van der Waals surface area contributed by atoms with Crippen molar-refractivity contribution in [3.05, 3.63) is 0 Å². The number of rotatable bonds is 13. The fourth-order valence-corrected chi connectivity index (χ4v) is 4.52. The summed E-state index contributed by atoms with van der Waals surface area (Å²) in [5, 5.41) is 6.29. The van der Waals surface area contributed by atoms with Crippen molar-refractivity contribution in [1.29, 1.82) is 0 Å². The maximum Gasteiger partial charge on any atom is 0.246 e. The van der Waals surface area contributed by atoms with Crippen molar-refractivity contribution in [2.45, 2.75) is 91.0 Å². The monoisotopic (exact) mass is 435 g/mol. The standard InChI is InChI=1S/C24H41N3O4/c1-17(2)21(28)12-15-27-22(29)16-20(24(27)31)25-13-8-4-5-9-14-26-23(30)19-11-7-6-10-18(19)3/h17-20,25H,4-16H2,1-3H3,(H,26,30)/t18?,19-,20?/m1/s1. The van der Waals surface area contributed by atoms with Gasteiger partial charge in [-0.1, -0.05) is 46.5 Å². The molecule has 0 bridgehead atoms. The van der Waals surface area contributed by atoms with Crippen LogP contribution in [-0.4, -0.2) is 54.1 Å². The van der Waals surface area contributed by atoms with Crippen LogP contribution >= 0.6 is 0 Å². The summed E-state index contributed by atoms with van der Waals surface area (Å²) in [5.74, 6) is 0.498. The van der Waals surface area contributed by atoms with E-state index in [-0.39, 0.29) is 54.7 Å². The quantitative estimate of drug-likeness (QED) is 0.343. The molecule has 1 aliphatic carbocycles. The van der Waals surface area contributed by atoms with Gasteiger partial charge in [0.05, 0.1) is 12.5 Å². The second-order valence-electron chi connectivity index (χ2n) is 9.54. The lowest BCUT2D eigenvalue weighted by molar-refractivity contribution is -0.139. The summed E-state index contributed by atoms with van der Waals surface area (Å²) >= 11 is 0. The predicted octanol–water partition coefficient (Wildman–Crippen LogP) is 2.82. The molecule has 0 spiro atoms. The molecule has 0 aromatic heterocycles. The van der Waals surface area contributed by atoms with E-state index in [1.807, 2.05) is 13.8 Å². The predicted molar refractivity (Wildman–Crippen MR) is 120 cm³/mol. The fourth-order valence-electron chi connectivity index (χ4n) is 4.52. The number of Topliss-reactive ketones (excluding diaryl/α,β-unsaturated/α-hetero) is 1. The number of hydrogen-bond donors (Lipinski definition) is 2. The SMILES string of the molecule is CC(C)C(=O)CCN1C(=O)CC(NCCCCCCNC(=O)[C@@H]2CCCCC2C)C1=O. The van der Waals surface area contributed by atoms with Crippen LogP contribution in [0.3, 0.4) is 0 Å². The molecule has 3 atom stereocenters. The summed E-state index contributed by atoms with van der Waals surface area (Å²) in [4.78, 5) is 49.8. The molecule has 0 aromatic carbocycles. The molecule has 2 unspecified atom stereocenters. The van der Waals surface area contributed by atoms with E-state index in [2.05, 4.69) is 17.6 Å². The van der Waals surface area contributed by atoms with Crippen molar-refractivity contribution in [2.24, 2.45) is 17.8 Å². The van der Waals surface area contributed by atoms with Crippen LogP contribution in [0.5, 0.6) is 0 Å². The Labute approximate surface area is 187 Å². The van der Waals surface area contributed by atoms with Gasteiger partial charge >= 0.3 is 0 Å². The summed E-state index contributed by atoms with van der Waals surface area (Å²) < 4.78 is 0. The Morgan fingerprint density at radius 2 is 1.71 bits per heavy atom. The van der Waals surface area contributed by atoms with Gasteiger partial charge in [0.15, 0.2) is 0 Å². The summed E-state index contributed by atoms with van der Waals surface area (Å²) in [6.07, 6.45) is 8.95. The zero-order chi connectivity index (χ0) is 22.8. The average Bonchev–Trinajstić information content (AvgIpc) is 3.00. The van der Waals surface area contributed by atoms with Crippen molar-refractivity contribution in [2.75, 3.05) is 19.6 Å². The Morgan fingerprint density at radius 1 is 1.03 bits per heavy atom. The van der Waals surface area contributed by atoms with Crippen molar-refractivity contribution >= 4 is 23.5 Å². The molecule has 2 aliphatic rings. The van der Waals surface area contributed by atoms with Gasteiger partial charge in [0.25, 0.3) is 0 Å². The fraction of sp³-hybridized carbons (Fsp3) is 0.833. The third-order valence-corrected chi connectivity index (χ3v) is 6.71. The van der Waals surface area contributed by atoms with Gasteiger partial charge < -0.3 is 10.6 Å². The van der Waals surface area contributed by atoms with Crippen LogP contribution in [0.1, 0.15) is 85.0 Å². The van der Waals surface area contributed by atoms with Crippen molar-refractivity contribution in [1.82, 2.24) is 15.5 Å². The van der Waals surface area contributed by atoms with Crippen molar-refractivity contribution in [3.63, 3.8) is 0 Å². The van der Waals surface area contributed by atoms with Gasteiger partial charge in [-0.05, 0) is 38.1 Å². The molecular formula is C24H41N3O4. The second-order valence-corrected chi connectivity index (χ2v) is 9.54. The summed E-state index contributed by atoms with van der Waals surface area (Å²) in [6.45, 7) is 7.45. The van der Waals surface area contributed by atoms with Crippen LogP contribution in [0, 0.1) is 17.8 Å².